The first-order valence-electron chi connectivity index (χ1n) is 6.72. The highest BCUT2D eigenvalue weighted by Gasteiger charge is 2.19. The van der Waals surface area contributed by atoms with E-state index in [2.05, 4.69) is 43.3 Å². The molecule has 1 heterocycles. The van der Waals surface area contributed by atoms with Gasteiger partial charge in [-0.3, -0.25) is 4.90 Å². The molecule has 0 amide bonds. The van der Waals surface area contributed by atoms with Crippen molar-refractivity contribution in [2.24, 2.45) is 0 Å². The first-order valence-corrected chi connectivity index (χ1v) is 8.12. The summed E-state index contributed by atoms with van der Waals surface area (Å²) in [4.78, 5) is 2.56. The number of thioether (sulfide) groups is 1. The fourth-order valence-corrected chi connectivity index (χ4v) is 2.89. The van der Waals surface area contributed by atoms with Crippen LogP contribution in [0.1, 0.15) is 33.6 Å². The molecule has 0 spiro atoms. The highest BCUT2D eigenvalue weighted by Crippen LogP contribution is 2.12. The maximum atomic E-state index is 3.74. The molecule has 0 aromatic rings. The Hall–Kier alpha value is 0.0100. The lowest BCUT2D eigenvalue weighted by Crippen LogP contribution is -2.46. The van der Waals surface area contributed by atoms with Crippen molar-refractivity contribution in [3.63, 3.8) is 0 Å². The second-order valence-corrected chi connectivity index (χ2v) is 6.29. The largest absolute Gasteiger partial charge is 0.311 e. The zero-order valence-corrected chi connectivity index (χ0v) is 12.6. The summed E-state index contributed by atoms with van der Waals surface area (Å²) < 4.78 is 0. The lowest BCUT2D eigenvalue weighted by molar-refractivity contribution is 0.210. The van der Waals surface area contributed by atoms with Gasteiger partial charge < -0.3 is 5.32 Å². The molecule has 1 N–H and O–H groups in total. The number of likely N-dealkylation sites (tertiary alicyclic amines) is 1. The topological polar surface area (TPSA) is 15.3 Å². The number of piperidine rings is 1. The molecule has 1 fully saturated rings. The predicted octanol–water partition coefficient (Wildman–Crippen LogP) is 2.76. The number of hydrogen-bond acceptors (Lipinski definition) is 3. The summed E-state index contributed by atoms with van der Waals surface area (Å²) in [5, 5.41) is 3.74. The van der Waals surface area contributed by atoms with E-state index in [0.717, 1.165) is 12.6 Å². The van der Waals surface area contributed by atoms with E-state index < -0.39 is 0 Å². The van der Waals surface area contributed by atoms with E-state index >= 15 is 0 Å². The van der Waals surface area contributed by atoms with Gasteiger partial charge in [-0.2, -0.15) is 11.8 Å². The van der Waals surface area contributed by atoms with Gasteiger partial charge in [-0.05, 0) is 53.0 Å². The molecule has 1 saturated heterocycles. The number of allylic oxidation sites excluding steroid dienone is 1. The van der Waals surface area contributed by atoms with Crippen molar-refractivity contribution < 1.29 is 0 Å². The second-order valence-electron chi connectivity index (χ2n) is 5.38. The number of nitrogens with one attached hydrogen (secondary N) is 1. The highest BCUT2D eigenvalue weighted by molar-refractivity contribution is 7.98. The zero-order valence-electron chi connectivity index (χ0n) is 11.8. The lowest BCUT2D eigenvalue weighted by atomic mass is 10.0. The van der Waals surface area contributed by atoms with Crippen LogP contribution in [0.15, 0.2) is 11.6 Å². The smallest absolute Gasteiger partial charge is 0.0165 e. The molecule has 0 aliphatic carbocycles. The minimum Gasteiger partial charge on any atom is -0.311 e. The quantitative estimate of drug-likeness (QED) is 0.736. The van der Waals surface area contributed by atoms with E-state index in [9.17, 15) is 0 Å². The SMILES string of the molecule is CSCC(C)NC1CCN(CC=C(C)C)CC1. The Morgan fingerprint density at radius 2 is 2.06 bits per heavy atom. The molecule has 0 aromatic carbocycles. The fraction of sp³-hybridized carbons (Fsp3) is 0.857. The monoisotopic (exact) mass is 256 g/mol. The molecule has 1 atom stereocenters. The average molecular weight is 256 g/mol. The zero-order chi connectivity index (χ0) is 12.7. The molecule has 17 heavy (non-hydrogen) atoms. The first kappa shape index (κ1) is 15.1. The molecule has 3 heteroatoms. The normalized spacial score (nSPS) is 20.2. The summed E-state index contributed by atoms with van der Waals surface area (Å²) in [6.45, 7) is 10.3. The van der Waals surface area contributed by atoms with Crippen molar-refractivity contribution in [3.8, 4) is 0 Å². The van der Waals surface area contributed by atoms with E-state index in [1.165, 1.54) is 37.3 Å². The van der Waals surface area contributed by atoms with Gasteiger partial charge in [0.15, 0.2) is 0 Å². The maximum Gasteiger partial charge on any atom is 0.0165 e. The summed E-state index contributed by atoms with van der Waals surface area (Å²) in [7, 11) is 0. The minimum absolute atomic E-state index is 0.652. The number of nitrogens with zero attached hydrogens (tertiary/aromatic N) is 1. The van der Waals surface area contributed by atoms with Crippen LogP contribution in [0.4, 0.5) is 0 Å². The lowest BCUT2D eigenvalue weighted by Gasteiger charge is -2.33. The Labute approximate surface area is 111 Å². The van der Waals surface area contributed by atoms with Gasteiger partial charge in [0, 0.05) is 24.4 Å². The van der Waals surface area contributed by atoms with Crippen molar-refractivity contribution in [1.29, 1.82) is 0 Å². The Morgan fingerprint density at radius 1 is 1.41 bits per heavy atom. The van der Waals surface area contributed by atoms with Gasteiger partial charge in [-0.15, -0.1) is 0 Å². The molecular formula is C14H28N2S. The van der Waals surface area contributed by atoms with Crippen LogP contribution in [0.3, 0.4) is 0 Å². The fourth-order valence-electron chi connectivity index (χ4n) is 2.29. The van der Waals surface area contributed by atoms with Gasteiger partial charge in [-0.1, -0.05) is 11.6 Å². The molecule has 2 nitrogen and oxygen atoms in total. The van der Waals surface area contributed by atoms with Crippen LogP contribution in [0.25, 0.3) is 0 Å². The third kappa shape index (κ3) is 6.49. The van der Waals surface area contributed by atoms with Crippen LogP contribution >= 0.6 is 11.8 Å². The minimum atomic E-state index is 0.652. The van der Waals surface area contributed by atoms with Crippen molar-refractivity contribution in [1.82, 2.24) is 10.2 Å². The standard InChI is InChI=1S/C14H28N2S/c1-12(2)5-8-16-9-6-14(7-10-16)15-13(3)11-17-4/h5,13-15H,6-11H2,1-4H3. The molecule has 0 aromatic heterocycles. The van der Waals surface area contributed by atoms with Crippen molar-refractivity contribution >= 4 is 11.8 Å². The van der Waals surface area contributed by atoms with Gasteiger partial charge in [0.2, 0.25) is 0 Å². The van der Waals surface area contributed by atoms with Gasteiger partial charge in [0.1, 0.15) is 0 Å². The highest BCUT2D eigenvalue weighted by atomic mass is 32.2. The molecule has 0 bridgehead atoms. The van der Waals surface area contributed by atoms with E-state index in [4.69, 9.17) is 0 Å². The molecule has 1 unspecified atom stereocenters. The Morgan fingerprint density at radius 3 is 2.59 bits per heavy atom. The van der Waals surface area contributed by atoms with E-state index in [0.29, 0.717) is 6.04 Å². The molecule has 0 saturated carbocycles. The number of hydrogen-bond donors (Lipinski definition) is 1. The van der Waals surface area contributed by atoms with E-state index in [1.807, 2.05) is 11.8 Å². The van der Waals surface area contributed by atoms with E-state index in [-0.39, 0.29) is 0 Å². The van der Waals surface area contributed by atoms with Gasteiger partial charge in [0.25, 0.3) is 0 Å². The van der Waals surface area contributed by atoms with Crippen LogP contribution in [0.2, 0.25) is 0 Å². The van der Waals surface area contributed by atoms with Gasteiger partial charge >= 0.3 is 0 Å². The van der Waals surface area contributed by atoms with Crippen molar-refractivity contribution in [2.45, 2.75) is 45.7 Å². The van der Waals surface area contributed by atoms with Crippen LogP contribution in [0, 0.1) is 0 Å². The molecule has 0 radical (unpaired) electrons. The van der Waals surface area contributed by atoms with Gasteiger partial charge in [-0.25, -0.2) is 0 Å². The second kappa shape index (κ2) is 8.17. The third-order valence-electron chi connectivity index (χ3n) is 3.28. The Bertz CT molecular complexity index is 228. The maximum absolute atomic E-state index is 3.74. The van der Waals surface area contributed by atoms with Crippen LogP contribution in [0.5, 0.6) is 0 Å². The van der Waals surface area contributed by atoms with E-state index in [1.54, 1.807) is 0 Å². The van der Waals surface area contributed by atoms with Crippen LogP contribution in [-0.2, 0) is 0 Å². The summed E-state index contributed by atoms with van der Waals surface area (Å²) in [6, 6.07) is 1.39. The average Bonchev–Trinajstić information content (AvgIpc) is 2.28. The molecule has 1 aliphatic rings. The summed E-state index contributed by atoms with van der Waals surface area (Å²) in [5.41, 5.74) is 1.43. The van der Waals surface area contributed by atoms with Crippen LogP contribution in [-0.4, -0.2) is 48.6 Å². The molecule has 1 aliphatic heterocycles. The summed E-state index contributed by atoms with van der Waals surface area (Å²) in [5.74, 6) is 1.22. The Balaban J connectivity index is 2.19. The molecular weight excluding hydrogens is 228 g/mol. The predicted molar refractivity (Wildman–Crippen MR) is 79.9 cm³/mol. The van der Waals surface area contributed by atoms with Crippen LogP contribution < -0.4 is 5.32 Å². The van der Waals surface area contributed by atoms with Crippen molar-refractivity contribution in [2.75, 3.05) is 31.6 Å². The molecule has 100 valence electrons. The molecule has 1 rings (SSSR count). The summed E-state index contributed by atoms with van der Waals surface area (Å²) in [6.07, 6.45) is 7.12. The summed E-state index contributed by atoms with van der Waals surface area (Å²) >= 11 is 1.93. The number of rotatable bonds is 6. The third-order valence-corrected chi connectivity index (χ3v) is 4.12. The van der Waals surface area contributed by atoms with Gasteiger partial charge in [0.05, 0.1) is 0 Å². The Kier molecular flexibility index (Phi) is 7.24. The van der Waals surface area contributed by atoms with Crippen molar-refractivity contribution in [3.05, 3.63) is 11.6 Å². The first-order chi connectivity index (χ1) is 8.11.